The highest BCUT2D eigenvalue weighted by molar-refractivity contribution is 9.10. The topological polar surface area (TPSA) is 35.5 Å². The fraction of sp³-hybridized carbons (Fsp3) is 0.462. The Morgan fingerprint density at radius 1 is 1.50 bits per heavy atom. The van der Waals surface area contributed by atoms with Crippen molar-refractivity contribution in [3.8, 4) is 5.75 Å². The number of carbonyl (C=O) groups is 1. The van der Waals surface area contributed by atoms with Gasteiger partial charge in [0.2, 0.25) is 0 Å². The molecule has 1 atom stereocenters. The van der Waals surface area contributed by atoms with Gasteiger partial charge in [-0.1, -0.05) is 28.9 Å². The standard InChI is InChI=1S/C13H17BrO3S/c1-10(8-13(15)16-2)18-7-6-17-12-5-3-4-11(14)9-12/h3-5,9-10H,6-8H2,1-2H3. The van der Waals surface area contributed by atoms with E-state index in [1.54, 1.807) is 11.8 Å². The molecule has 0 radical (unpaired) electrons. The van der Waals surface area contributed by atoms with Crippen molar-refractivity contribution in [2.45, 2.75) is 18.6 Å². The van der Waals surface area contributed by atoms with Crippen LogP contribution in [0.1, 0.15) is 13.3 Å². The number of rotatable bonds is 7. The molecule has 1 aromatic carbocycles. The maximum atomic E-state index is 11.0. The maximum Gasteiger partial charge on any atom is 0.306 e. The Morgan fingerprint density at radius 3 is 2.94 bits per heavy atom. The van der Waals surface area contributed by atoms with Gasteiger partial charge in [0.25, 0.3) is 0 Å². The van der Waals surface area contributed by atoms with Gasteiger partial charge < -0.3 is 9.47 Å². The Hall–Kier alpha value is -0.680. The van der Waals surface area contributed by atoms with Crippen molar-refractivity contribution in [3.05, 3.63) is 28.7 Å². The molecule has 100 valence electrons. The number of benzene rings is 1. The van der Waals surface area contributed by atoms with E-state index in [2.05, 4.69) is 20.7 Å². The summed E-state index contributed by atoms with van der Waals surface area (Å²) in [5.41, 5.74) is 0. The number of methoxy groups -OCH3 is 1. The van der Waals surface area contributed by atoms with E-state index in [4.69, 9.17) is 4.74 Å². The first-order valence-electron chi connectivity index (χ1n) is 5.68. The first-order valence-corrected chi connectivity index (χ1v) is 7.52. The molecule has 0 spiro atoms. The Balaban J connectivity index is 2.17. The second kappa shape index (κ2) is 8.43. The maximum absolute atomic E-state index is 11.0. The number of carbonyl (C=O) groups excluding carboxylic acids is 1. The molecule has 1 unspecified atom stereocenters. The SMILES string of the molecule is COC(=O)CC(C)SCCOc1cccc(Br)c1. The number of ether oxygens (including phenoxy) is 2. The summed E-state index contributed by atoms with van der Waals surface area (Å²) in [6.45, 7) is 2.65. The number of halogens is 1. The van der Waals surface area contributed by atoms with Crippen LogP contribution in [0.3, 0.4) is 0 Å². The van der Waals surface area contributed by atoms with Gasteiger partial charge in [0.1, 0.15) is 5.75 Å². The largest absolute Gasteiger partial charge is 0.493 e. The van der Waals surface area contributed by atoms with E-state index in [-0.39, 0.29) is 11.2 Å². The van der Waals surface area contributed by atoms with Gasteiger partial charge in [-0.3, -0.25) is 4.79 Å². The van der Waals surface area contributed by atoms with Crippen molar-refractivity contribution in [1.82, 2.24) is 0 Å². The Kier molecular flexibility index (Phi) is 7.20. The summed E-state index contributed by atoms with van der Waals surface area (Å²) in [5.74, 6) is 1.54. The van der Waals surface area contributed by atoms with E-state index in [9.17, 15) is 4.79 Å². The van der Waals surface area contributed by atoms with Gasteiger partial charge >= 0.3 is 5.97 Å². The molecule has 5 heteroatoms. The first kappa shape index (κ1) is 15.4. The Labute approximate surface area is 120 Å². The average Bonchev–Trinajstić information content (AvgIpc) is 2.34. The van der Waals surface area contributed by atoms with Crippen LogP contribution < -0.4 is 4.74 Å². The molecule has 1 rings (SSSR count). The van der Waals surface area contributed by atoms with Crippen LogP contribution in [0.25, 0.3) is 0 Å². The third-order valence-electron chi connectivity index (χ3n) is 2.23. The number of esters is 1. The van der Waals surface area contributed by atoms with Crippen molar-refractivity contribution in [2.75, 3.05) is 19.5 Å². The lowest BCUT2D eigenvalue weighted by Crippen LogP contribution is -2.11. The zero-order valence-electron chi connectivity index (χ0n) is 10.5. The van der Waals surface area contributed by atoms with E-state index in [1.807, 2.05) is 31.2 Å². The summed E-state index contributed by atoms with van der Waals surface area (Å²) in [4.78, 5) is 11.0. The van der Waals surface area contributed by atoms with Crippen LogP contribution >= 0.6 is 27.7 Å². The van der Waals surface area contributed by atoms with Crippen molar-refractivity contribution < 1.29 is 14.3 Å². The third kappa shape index (κ3) is 6.31. The van der Waals surface area contributed by atoms with Gasteiger partial charge in [0.05, 0.1) is 20.1 Å². The predicted octanol–water partition coefficient (Wildman–Crippen LogP) is 3.51. The third-order valence-corrected chi connectivity index (χ3v) is 3.86. The molecular weight excluding hydrogens is 316 g/mol. The van der Waals surface area contributed by atoms with Crippen LogP contribution in [-0.2, 0) is 9.53 Å². The van der Waals surface area contributed by atoms with Crippen LogP contribution in [-0.4, -0.2) is 30.7 Å². The molecule has 0 aromatic heterocycles. The first-order chi connectivity index (χ1) is 8.61. The summed E-state index contributed by atoms with van der Waals surface area (Å²) in [7, 11) is 1.41. The van der Waals surface area contributed by atoms with Crippen LogP contribution in [0.2, 0.25) is 0 Å². The summed E-state index contributed by atoms with van der Waals surface area (Å²) in [5, 5.41) is 0.253. The molecule has 0 fully saturated rings. The van der Waals surface area contributed by atoms with E-state index >= 15 is 0 Å². The fourth-order valence-electron chi connectivity index (χ4n) is 1.34. The molecule has 0 aliphatic rings. The highest BCUT2D eigenvalue weighted by Gasteiger charge is 2.09. The highest BCUT2D eigenvalue weighted by atomic mass is 79.9. The van der Waals surface area contributed by atoms with E-state index in [0.29, 0.717) is 13.0 Å². The molecule has 0 saturated carbocycles. The highest BCUT2D eigenvalue weighted by Crippen LogP contribution is 2.19. The second-order valence-electron chi connectivity index (χ2n) is 3.77. The average molecular weight is 333 g/mol. The molecule has 3 nitrogen and oxygen atoms in total. The van der Waals surface area contributed by atoms with Gasteiger partial charge in [-0.05, 0) is 18.2 Å². The van der Waals surface area contributed by atoms with Crippen LogP contribution in [0, 0.1) is 0 Å². The molecule has 1 aromatic rings. The lowest BCUT2D eigenvalue weighted by atomic mass is 10.3. The molecule has 0 heterocycles. The quantitative estimate of drug-likeness (QED) is 0.565. The molecular formula is C13H17BrO3S. The fourth-order valence-corrected chi connectivity index (χ4v) is 2.56. The molecule has 0 amide bonds. The van der Waals surface area contributed by atoms with Gasteiger partial charge in [0, 0.05) is 15.5 Å². The molecule has 18 heavy (non-hydrogen) atoms. The minimum atomic E-state index is -0.164. The van der Waals surface area contributed by atoms with Gasteiger partial charge in [0.15, 0.2) is 0 Å². The molecule has 0 aliphatic carbocycles. The van der Waals surface area contributed by atoms with E-state index in [0.717, 1.165) is 16.0 Å². The van der Waals surface area contributed by atoms with Crippen molar-refractivity contribution in [2.24, 2.45) is 0 Å². The summed E-state index contributed by atoms with van der Waals surface area (Å²) in [6.07, 6.45) is 0.443. The van der Waals surface area contributed by atoms with E-state index in [1.165, 1.54) is 7.11 Å². The second-order valence-corrected chi connectivity index (χ2v) is 6.23. The molecule has 0 saturated heterocycles. The summed E-state index contributed by atoms with van der Waals surface area (Å²) < 4.78 is 11.2. The minimum Gasteiger partial charge on any atom is -0.493 e. The zero-order valence-corrected chi connectivity index (χ0v) is 12.9. The number of hydrogen-bond acceptors (Lipinski definition) is 4. The van der Waals surface area contributed by atoms with Crippen molar-refractivity contribution in [1.29, 1.82) is 0 Å². The smallest absolute Gasteiger partial charge is 0.306 e. The minimum absolute atomic E-state index is 0.164. The van der Waals surface area contributed by atoms with Gasteiger partial charge in [-0.15, -0.1) is 0 Å². The van der Waals surface area contributed by atoms with Gasteiger partial charge in [-0.2, -0.15) is 11.8 Å². The number of thioether (sulfide) groups is 1. The summed E-state index contributed by atoms with van der Waals surface area (Å²) in [6, 6.07) is 7.75. The predicted molar refractivity (Wildman–Crippen MR) is 78.2 cm³/mol. The summed E-state index contributed by atoms with van der Waals surface area (Å²) >= 11 is 5.10. The van der Waals surface area contributed by atoms with E-state index < -0.39 is 0 Å². The zero-order chi connectivity index (χ0) is 13.4. The lowest BCUT2D eigenvalue weighted by Gasteiger charge is -2.10. The van der Waals surface area contributed by atoms with Crippen molar-refractivity contribution in [3.63, 3.8) is 0 Å². The van der Waals surface area contributed by atoms with Gasteiger partial charge in [-0.25, -0.2) is 0 Å². The number of hydrogen-bond donors (Lipinski definition) is 0. The Morgan fingerprint density at radius 2 is 2.28 bits per heavy atom. The lowest BCUT2D eigenvalue weighted by molar-refractivity contribution is -0.140. The molecule has 0 bridgehead atoms. The monoisotopic (exact) mass is 332 g/mol. The molecule has 0 aliphatic heterocycles. The van der Waals surface area contributed by atoms with Crippen LogP contribution in [0.15, 0.2) is 28.7 Å². The molecule has 0 N–H and O–H groups in total. The normalized spacial score (nSPS) is 11.9. The Bertz CT molecular complexity index is 384. The van der Waals surface area contributed by atoms with Crippen LogP contribution in [0.5, 0.6) is 5.75 Å². The van der Waals surface area contributed by atoms with Crippen molar-refractivity contribution >= 4 is 33.7 Å². The van der Waals surface area contributed by atoms with Crippen LogP contribution in [0.4, 0.5) is 0 Å².